The van der Waals surface area contributed by atoms with Gasteiger partial charge in [0.15, 0.2) is 0 Å². The minimum absolute atomic E-state index is 0.116. The Morgan fingerprint density at radius 1 is 0.829 bits per heavy atom. The van der Waals surface area contributed by atoms with E-state index in [1.807, 2.05) is 55.5 Å². The molecule has 0 aromatic heterocycles. The number of carbonyl (C=O) groups excluding carboxylic acids is 1. The number of aryl methyl sites for hydroxylation is 1. The standard InChI is InChI=1S/C36H41NO4/c1-24(2)28-14-9-15-29(25(3)4)34(28)37-20-11-21-40-33-19-18-26(5)22-32(33)30-16-10-17-31(35(30)38)36(39)41-23-27-12-7-6-8-13-27/h6-10,12-19,22,24-25,37-38H,11,20-21,23H2,1-5H3. The molecule has 5 heteroatoms. The minimum atomic E-state index is -0.572. The predicted octanol–water partition coefficient (Wildman–Crippen LogP) is 8.85. The van der Waals surface area contributed by atoms with Crippen molar-refractivity contribution in [2.24, 2.45) is 0 Å². The van der Waals surface area contributed by atoms with Crippen LogP contribution >= 0.6 is 0 Å². The molecule has 0 heterocycles. The average Bonchev–Trinajstić information content (AvgIpc) is 2.96. The summed E-state index contributed by atoms with van der Waals surface area (Å²) in [6, 6.07) is 27.0. The molecule has 2 N–H and O–H groups in total. The average molecular weight is 552 g/mol. The van der Waals surface area contributed by atoms with Gasteiger partial charge < -0.3 is 19.9 Å². The van der Waals surface area contributed by atoms with Gasteiger partial charge in [0.05, 0.1) is 6.61 Å². The lowest BCUT2D eigenvalue weighted by molar-refractivity contribution is 0.0469. The Kier molecular flexibility index (Phi) is 10.1. The van der Waals surface area contributed by atoms with Crippen LogP contribution in [0.25, 0.3) is 11.1 Å². The van der Waals surface area contributed by atoms with Crippen molar-refractivity contribution in [1.82, 2.24) is 0 Å². The summed E-state index contributed by atoms with van der Waals surface area (Å²) in [5, 5.41) is 14.8. The SMILES string of the molecule is Cc1ccc(OCCCNc2c(C(C)C)cccc2C(C)C)c(-c2cccc(C(=O)OCc3ccccc3)c2O)c1. The Morgan fingerprint density at radius 3 is 2.20 bits per heavy atom. The van der Waals surface area contributed by atoms with Gasteiger partial charge in [-0.05, 0) is 60.1 Å². The summed E-state index contributed by atoms with van der Waals surface area (Å²) in [6.45, 7) is 12.3. The van der Waals surface area contributed by atoms with E-state index in [1.165, 1.54) is 16.8 Å². The first-order valence-corrected chi connectivity index (χ1v) is 14.4. The Morgan fingerprint density at radius 2 is 1.51 bits per heavy atom. The van der Waals surface area contributed by atoms with Crippen molar-refractivity contribution >= 4 is 11.7 Å². The molecule has 0 aliphatic heterocycles. The third-order valence-electron chi connectivity index (χ3n) is 7.15. The number of nitrogens with one attached hydrogen (secondary N) is 1. The molecule has 0 unspecified atom stereocenters. The van der Waals surface area contributed by atoms with Crippen LogP contribution in [0.1, 0.15) is 78.6 Å². The third kappa shape index (κ3) is 7.49. The van der Waals surface area contributed by atoms with Crippen LogP contribution in [0, 0.1) is 6.92 Å². The number of rotatable bonds is 12. The van der Waals surface area contributed by atoms with Crippen LogP contribution in [-0.2, 0) is 11.3 Å². The number of benzene rings is 4. The number of anilines is 1. The fourth-order valence-corrected chi connectivity index (χ4v) is 4.93. The lowest BCUT2D eigenvalue weighted by Crippen LogP contribution is -2.12. The molecular weight excluding hydrogens is 510 g/mol. The second kappa shape index (κ2) is 13.9. The Balaban J connectivity index is 1.45. The zero-order valence-electron chi connectivity index (χ0n) is 24.7. The highest BCUT2D eigenvalue weighted by Crippen LogP contribution is 2.39. The van der Waals surface area contributed by atoms with Crippen LogP contribution < -0.4 is 10.1 Å². The third-order valence-corrected chi connectivity index (χ3v) is 7.15. The van der Waals surface area contributed by atoms with Gasteiger partial charge in [0.2, 0.25) is 0 Å². The Hall–Kier alpha value is -4.25. The van der Waals surface area contributed by atoms with E-state index < -0.39 is 5.97 Å². The Labute approximate surface area is 244 Å². The second-order valence-electron chi connectivity index (χ2n) is 11.0. The van der Waals surface area contributed by atoms with E-state index in [-0.39, 0.29) is 17.9 Å². The maximum atomic E-state index is 12.8. The summed E-state index contributed by atoms with van der Waals surface area (Å²) < 4.78 is 11.7. The van der Waals surface area contributed by atoms with E-state index in [0.29, 0.717) is 29.8 Å². The highest BCUT2D eigenvalue weighted by molar-refractivity contribution is 5.96. The number of hydrogen-bond donors (Lipinski definition) is 2. The first-order chi connectivity index (χ1) is 19.8. The molecule has 0 saturated heterocycles. The molecule has 4 rings (SSSR count). The summed E-state index contributed by atoms with van der Waals surface area (Å²) >= 11 is 0. The van der Waals surface area contributed by atoms with Gasteiger partial charge in [0, 0.05) is 23.4 Å². The van der Waals surface area contributed by atoms with Gasteiger partial charge in [-0.1, -0.05) is 100.0 Å². The van der Waals surface area contributed by atoms with Crippen molar-refractivity contribution in [1.29, 1.82) is 0 Å². The smallest absolute Gasteiger partial charge is 0.342 e. The lowest BCUT2D eigenvalue weighted by Gasteiger charge is -2.21. The number of hydrogen-bond acceptors (Lipinski definition) is 5. The quantitative estimate of drug-likeness (QED) is 0.136. The van der Waals surface area contributed by atoms with Crippen LogP contribution in [0.5, 0.6) is 11.5 Å². The molecule has 0 saturated carbocycles. The van der Waals surface area contributed by atoms with E-state index in [1.54, 1.807) is 18.2 Å². The predicted molar refractivity (Wildman–Crippen MR) is 167 cm³/mol. The Bertz CT molecular complexity index is 1430. The van der Waals surface area contributed by atoms with E-state index in [0.717, 1.165) is 29.7 Å². The van der Waals surface area contributed by atoms with Crippen molar-refractivity contribution < 1.29 is 19.4 Å². The van der Waals surface area contributed by atoms with Crippen molar-refractivity contribution in [2.75, 3.05) is 18.5 Å². The van der Waals surface area contributed by atoms with Crippen LogP contribution in [-0.4, -0.2) is 24.2 Å². The van der Waals surface area contributed by atoms with E-state index in [2.05, 4.69) is 51.2 Å². The number of para-hydroxylation sites is 2. The summed E-state index contributed by atoms with van der Waals surface area (Å²) in [5.74, 6) is 0.834. The highest BCUT2D eigenvalue weighted by atomic mass is 16.5. The largest absolute Gasteiger partial charge is 0.506 e. The molecule has 0 bridgehead atoms. The molecule has 0 spiro atoms. The summed E-state index contributed by atoms with van der Waals surface area (Å²) in [4.78, 5) is 12.8. The number of carbonyl (C=O) groups is 1. The van der Waals surface area contributed by atoms with Crippen LogP contribution in [0.2, 0.25) is 0 Å². The van der Waals surface area contributed by atoms with Gasteiger partial charge in [0.25, 0.3) is 0 Å². The molecule has 214 valence electrons. The van der Waals surface area contributed by atoms with Gasteiger partial charge in [-0.2, -0.15) is 0 Å². The molecule has 41 heavy (non-hydrogen) atoms. The molecule has 0 amide bonds. The molecule has 0 atom stereocenters. The lowest BCUT2D eigenvalue weighted by atomic mass is 9.92. The van der Waals surface area contributed by atoms with Crippen molar-refractivity contribution in [3.8, 4) is 22.6 Å². The van der Waals surface area contributed by atoms with Gasteiger partial charge in [-0.15, -0.1) is 0 Å². The van der Waals surface area contributed by atoms with Crippen molar-refractivity contribution in [3.05, 3.63) is 113 Å². The van der Waals surface area contributed by atoms with Crippen molar-refractivity contribution in [3.63, 3.8) is 0 Å². The maximum Gasteiger partial charge on any atom is 0.342 e. The molecule has 0 fully saturated rings. The number of esters is 1. The topological polar surface area (TPSA) is 67.8 Å². The normalized spacial score (nSPS) is 11.1. The summed E-state index contributed by atoms with van der Waals surface area (Å²) in [5.41, 5.74) is 7.19. The zero-order chi connectivity index (χ0) is 29.4. The van der Waals surface area contributed by atoms with E-state index >= 15 is 0 Å². The highest BCUT2D eigenvalue weighted by Gasteiger charge is 2.19. The zero-order valence-corrected chi connectivity index (χ0v) is 24.7. The fourth-order valence-electron chi connectivity index (χ4n) is 4.93. The van der Waals surface area contributed by atoms with Gasteiger partial charge in [0.1, 0.15) is 23.7 Å². The van der Waals surface area contributed by atoms with Gasteiger partial charge >= 0.3 is 5.97 Å². The molecule has 0 radical (unpaired) electrons. The van der Waals surface area contributed by atoms with Crippen LogP contribution in [0.3, 0.4) is 0 Å². The van der Waals surface area contributed by atoms with E-state index in [4.69, 9.17) is 9.47 Å². The minimum Gasteiger partial charge on any atom is -0.506 e. The monoisotopic (exact) mass is 551 g/mol. The first kappa shape index (κ1) is 29.7. The molecule has 0 aliphatic rings. The number of aromatic hydroxyl groups is 1. The van der Waals surface area contributed by atoms with Gasteiger partial charge in [-0.3, -0.25) is 0 Å². The number of ether oxygens (including phenoxy) is 2. The second-order valence-corrected chi connectivity index (χ2v) is 11.0. The van der Waals surface area contributed by atoms with Crippen LogP contribution in [0.4, 0.5) is 5.69 Å². The molecule has 0 aliphatic carbocycles. The first-order valence-electron chi connectivity index (χ1n) is 14.4. The van der Waals surface area contributed by atoms with Crippen LogP contribution in [0.15, 0.2) is 84.9 Å². The molecule has 4 aromatic carbocycles. The van der Waals surface area contributed by atoms with E-state index in [9.17, 15) is 9.90 Å². The molecular formula is C36H41NO4. The maximum absolute atomic E-state index is 12.8. The van der Waals surface area contributed by atoms with Gasteiger partial charge in [-0.25, -0.2) is 4.79 Å². The number of phenolic OH excluding ortho intramolecular Hbond substituents is 1. The van der Waals surface area contributed by atoms with Crippen molar-refractivity contribution in [2.45, 2.75) is 59.5 Å². The number of phenols is 1. The summed E-state index contributed by atoms with van der Waals surface area (Å²) in [6.07, 6.45) is 0.801. The molecule has 5 nitrogen and oxygen atoms in total. The summed E-state index contributed by atoms with van der Waals surface area (Å²) in [7, 11) is 0. The fraction of sp³-hybridized carbons (Fsp3) is 0.306. The molecule has 4 aromatic rings.